The van der Waals surface area contributed by atoms with Crippen molar-refractivity contribution in [2.45, 2.75) is 49.8 Å². The van der Waals surface area contributed by atoms with E-state index in [4.69, 9.17) is 5.26 Å². The van der Waals surface area contributed by atoms with Gasteiger partial charge in [-0.1, -0.05) is 0 Å². The molecule has 0 aliphatic carbocycles. The van der Waals surface area contributed by atoms with Crippen LogP contribution in [-0.4, -0.2) is 33.9 Å². The van der Waals surface area contributed by atoms with E-state index >= 15 is 0 Å². The van der Waals surface area contributed by atoms with Crippen molar-refractivity contribution in [3.05, 3.63) is 0 Å². The lowest BCUT2D eigenvalue weighted by atomic mass is 9.98. The highest BCUT2D eigenvalue weighted by Crippen LogP contribution is 2.40. The van der Waals surface area contributed by atoms with E-state index in [1.807, 2.05) is 11.8 Å². The van der Waals surface area contributed by atoms with E-state index in [2.05, 4.69) is 6.07 Å². The Balaban J connectivity index is 2.10. The third-order valence-corrected chi connectivity index (χ3v) is 5.09. The molecule has 0 aromatic heterocycles. The molecule has 2 rings (SSSR count). The first kappa shape index (κ1) is 11.8. The number of amides is 1. The van der Waals surface area contributed by atoms with E-state index in [0.29, 0.717) is 0 Å². The van der Waals surface area contributed by atoms with Crippen LogP contribution in [0.2, 0.25) is 0 Å². The van der Waals surface area contributed by atoms with Crippen molar-refractivity contribution in [1.82, 2.24) is 4.90 Å². The predicted molar refractivity (Wildman–Crippen MR) is 65.1 cm³/mol. The average Bonchev–Trinajstić information content (AvgIpc) is 2.76. The van der Waals surface area contributed by atoms with Crippen LogP contribution in [0.4, 0.5) is 0 Å². The number of nitrogens with zero attached hydrogens (tertiary/aromatic N) is 2. The minimum Gasteiger partial charge on any atom is -0.325 e. The smallest absolute Gasteiger partial charge is 0.239 e. The van der Waals surface area contributed by atoms with E-state index in [1.54, 1.807) is 11.8 Å². The lowest BCUT2D eigenvalue weighted by Gasteiger charge is -2.36. The van der Waals surface area contributed by atoms with Crippen LogP contribution in [0.1, 0.15) is 39.0 Å². The van der Waals surface area contributed by atoms with Crippen LogP contribution < -0.4 is 0 Å². The average molecular weight is 238 g/mol. The van der Waals surface area contributed by atoms with Gasteiger partial charge in [0.15, 0.2) is 0 Å². The van der Waals surface area contributed by atoms with Crippen LogP contribution in [0, 0.1) is 11.3 Å². The highest BCUT2D eigenvalue weighted by Gasteiger charge is 2.42. The highest BCUT2D eigenvalue weighted by molar-refractivity contribution is 8.01. The summed E-state index contributed by atoms with van der Waals surface area (Å²) in [4.78, 5) is 14.3. The summed E-state index contributed by atoms with van der Waals surface area (Å²) in [5, 5.41) is 9.09. The first-order chi connectivity index (χ1) is 7.67. The number of thioether (sulfide) groups is 1. The topological polar surface area (TPSA) is 44.1 Å². The summed E-state index contributed by atoms with van der Waals surface area (Å²) in [7, 11) is 0. The molecule has 4 heteroatoms. The van der Waals surface area contributed by atoms with Crippen molar-refractivity contribution in [3.8, 4) is 6.07 Å². The number of hydrogen-bond acceptors (Lipinski definition) is 3. The molecule has 0 saturated carbocycles. The minimum absolute atomic E-state index is 0.181. The van der Waals surface area contributed by atoms with E-state index in [-0.39, 0.29) is 16.7 Å². The Morgan fingerprint density at radius 2 is 2.31 bits per heavy atom. The van der Waals surface area contributed by atoms with Gasteiger partial charge in [-0.15, -0.1) is 11.8 Å². The molecule has 0 N–H and O–H groups in total. The fourth-order valence-corrected chi connectivity index (χ4v) is 3.83. The zero-order valence-electron chi connectivity index (χ0n) is 9.74. The van der Waals surface area contributed by atoms with E-state index < -0.39 is 0 Å². The second kappa shape index (κ2) is 4.67. The lowest BCUT2D eigenvalue weighted by Crippen LogP contribution is -2.50. The molecule has 2 atom stereocenters. The van der Waals surface area contributed by atoms with E-state index in [0.717, 1.165) is 44.4 Å². The van der Waals surface area contributed by atoms with Gasteiger partial charge in [0.25, 0.3) is 0 Å². The van der Waals surface area contributed by atoms with Crippen molar-refractivity contribution < 1.29 is 4.79 Å². The van der Waals surface area contributed by atoms with Gasteiger partial charge in [-0.3, -0.25) is 4.79 Å². The second-order valence-electron chi connectivity index (χ2n) is 4.82. The van der Waals surface area contributed by atoms with Gasteiger partial charge in [-0.05, 0) is 44.8 Å². The van der Waals surface area contributed by atoms with Crippen LogP contribution in [0.25, 0.3) is 0 Å². The van der Waals surface area contributed by atoms with Gasteiger partial charge in [-0.2, -0.15) is 5.26 Å². The van der Waals surface area contributed by atoms with E-state index in [9.17, 15) is 4.79 Å². The Labute approximate surface area is 101 Å². The zero-order chi connectivity index (χ0) is 11.6. The number of rotatable bonds is 1. The normalized spacial score (nSPS) is 34.8. The van der Waals surface area contributed by atoms with Crippen LogP contribution in [0.3, 0.4) is 0 Å². The van der Waals surface area contributed by atoms with E-state index in [1.165, 1.54) is 0 Å². The standard InChI is InChI=1S/C12H18N2OS/c1-12(6-4-8-16-12)11(15)14-7-3-2-5-10(14)9-13/h10H,2-8H2,1H3. The number of nitriles is 1. The molecule has 0 spiro atoms. The van der Waals surface area contributed by atoms with Gasteiger partial charge in [0.2, 0.25) is 5.91 Å². The molecule has 2 saturated heterocycles. The molecule has 0 aromatic carbocycles. The van der Waals surface area contributed by atoms with Gasteiger partial charge >= 0.3 is 0 Å². The van der Waals surface area contributed by atoms with Crippen LogP contribution in [0.5, 0.6) is 0 Å². The largest absolute Gasteiger partial charge is 0.325 e. The number of likely N-dealkylation sites (tertiary alicyclic amines) is 1. The van der Waals surface area contributed by atoms with Gasteiger partial charge in [0, 0.05) is 6.54 Å². The molecule has 88 valence electrons. The Morgan fingerprint density at radius 3 is 2.94 bits per heavy atom. The summed E-state index contributed by atoms with van der Waals surface area (Å²) in [6.45, 7) is 2.81. The number of carbonyl (C=O) groups excluding carboxylic acids is 1. The quantitative estimate of drug-likeness (QED) is 0.703. The van der Waals surface area contributed by atoms with Crippen molar-refractivity contribution in [2.75, 3.05) is 12.3 Å². The number of hydrogen-bond donors (Lipinski definition) is 0. The fraction of sp³-hybridized carbons (Fsp3) is 0.833. The molecule has 0 aromatic rings. The maximum atomic E-state index is 12.4. The first-order valence-corrected chi connectivity index (χ1v) is 7.00. The first-order valence-electron chi connectivity index (χ1n) is 6.02. The third-order valence-electron chi connectivity index (χ3n) is 3.58. The van der Waals surface area contributed by atoms with Crippen molar-refractivity contribution >= 4 is 17.7 Å². The molecule has 2 unspecified atom stereocenters. The van der Waals surface area contributed by atoms with Gasteiger partial charge < -0.3 is 4.90 Å². The van der Waals surface area contributed by atoms with Crippen LogP contribution in [0.15, 0.2) is 0 Å². The molecule has 2 aliphatic rings. The Bertz CT molecular complexity index is 317. The summed E-state index contributed by atoms with van der Waals surface area (Å²) >= 11 is 1.76. The molecule has 2 aliphatic heterocycles. The van der Waals surface area contributed by atoms with Crippen molar-refractivity contribution in [2.24, 2.45) is 0 Å². The summed E-state index contributed by atoms with van der Waals surface area (Å²) in [5.74, 6) is 1.27. The fourth-order valence-electron chi connectivity index (χ4n) is 2.56. The van der Waals surface area contributed by atoms with Crippen LogP contribution in [-0.2, 0) is 4.79 Å². The Kier molecular flexibility index (Phi) is 3.44. The molecular formula is C12H18N2OS. The zero-order valence-corrected chi connectivity index (χ0v) is 10.6. The maximum absolute atomic E-state index is 12.4. The Morgan fingerprint density at radius 1 is 1.50 bits per heavy atom. The molecule has 1 amide bonds. The molecule has 2 heterocycles. The monoisotopic (exact) mass is 238 g/mol. The molecule has 3 nitrogen and oxygen atoms in total. The van der Waals surface area contributed by atoms with Crippen molar-refractivity contribution in [1.29, 1.82) is 5.26 Å². The molecule has 2 fully saturated rings. The summed E-state index contributed by atoms with van der Waals surface area (Å²) in [6, 6.07) is 2.09. The number of carbonyl (C=O) groups is 1. The van der Waals surface area contributed by atoms with Gasteiger partial charge in [0.05, 0.1) is 10.8 Å². The van der Waals surface area contributed by atoms with Gasteiger partial charge in [-0.25, -0.2) is 0 Å². The molecule has 0 bridgehead atoms. The summed E-state index contributed by atoms with van der Waals surface area (Å²) in [5.41, 5.74) is 0. The highest BCUT2D eigenvalue weighted by atomic mass is 32.2. The Hall–Kier alpha value is -0.690. The minimum atomic E-state index is -0.257. The van der Waals surface area contributed by atoms with Gasteiger partial charge in [0.1, 0.15) is 6.04 Å². The molecule has 16 heavy (non-hydrogen) atoms. The second-order valence-corrected chi connectivity index (χ2v) is 6.42. The number of piperidine rings is 1. The maximum Gasteiger partial charge on any atom is 0.239 e. The SMILES string of the molecule is CC1(C(=O)N2CCCCC2C#N)CCCS1. The van der Waals surface area contributed by atoms with Crippen molar-refractivity contribution in [3.63, 3.8) is 0 Å². The predicted octanol–water partition coefficient (Wildman–Crippen LogP) is 2.18. The third kappa shape index (κ3) is 2.06. The summed E-state index contributed by atoms with van der Waals surface area (Å²) in [6.07, 6.45) is 5.06. The molecular weight excluding hydrogens is 220 g/mol. The lowest BCUT2D eigenvalue weighted by molar-refractivity contribution is -0.135. The molecule has 0 radical (unpaired) electrons. The van der Waals surface area contributed by atoms with Crippen LogP contribution >= 0.6 is 11.8 Å². The summed E-state index contributed by atoms with van der Waals surface area (Å²) < 4.78 is -0.257.